The lowest BCUT2D eigenvalue weighted by atomic mass is 9.84. The second-order valence-electron chi connectivity index (χ2n) is 15.0. The van der Waals surface area contributed by atoms with Crippen LogP contribution in [-0.4, -0.2) is 106 Å². The Balaban J connectivity index is 2.06. The lowest BCUT2D eigenvalue weighted by Gasteiger charge is -2.36. The third-order valence-corrected chi connectivity index (χ3v) is 10.1. The lowest BCUT2D eigenvalue weighted by Crippen LogP contribution is -2.62. The summed E-state index contributed by atoms with van der Waals surface area (Å²) in [4.78, 5) is 67.9. The molecule has 1 aromatic rings. The summed E-state index contributed by atoms with van der Waals surface area (Å²) in [6.07, 6.45) is 8.11. The number of fused-ring (bicyclic) bond motifs is 2. The number of ketones is 1. The molecule has 56 heavy (non-hydrogen) atoms. The molecule has 2 bridgehead atoms. The SMILES string of the molecule is C=CCNCC=C(C)[C@@H]1CC=CC=C[C@H](O)[C@H](C)[C@@H](O)[C@@H](CCC(C)=O)C(=O)N[C@@H](C(C)C)C(=O)N[C@@H](Cc2cccc(O)c2)C(=O)N2CCCC(N2)C(=O)O1. The van der Waals surface area contributed by atoms with Crippen molar-refractivity contribution in [3.63, 3.8) is 0 Å². The summed E-state index contributed by atoms with van der Waals surface area (Å²) in [5.41, 5.74) is 4.37. The molecule has 3 amide bonds. The highest BCUT2D eigenvalue weighted by atomic mass is 16.5. The van der Waals surface area contributed by atoms with Crippen LogP contribution in [0.25, 0.3) is 0 Å². The molecule has 2 heterocycles. The Morgan fingerprint density at radius 2 is 1.84 bits per heavy atom. The van der Waals surface area contributed by atoms with Gasteiger partial charge in [0.25, 0.3) is 5.91 Å². The highest BCUT2D eigenvalue weighted by Crippen LogP contribution is 2.24. The van der Waals surface area contributed by atoms with Gasteiger partial charge >= 0.3 is 5.97 Å². The molecule has 7 N–H and O–H groups in total. The predicted octanol–water partition coefficient (Wildman–Crippen LogP) is 2.55. The van der Waals surface area contributed by atoms with E-state index in [9.17, 15) is 39.3 Å². The number of hydrogen-bond donors (Lipinski definition) is 7. The van der Waals surface area contributed by atoms with Gasteiger partial charge in [-0.1, -0.05) is 69.4 Å². The summed E-state index contributed by atoms with van der Waals surface area (Å²) in [6, 6.07) is 3.08. The number of ether oxygens (including phenoxy) is 1. The van der Waals surface area contributed by atoms with Gasteiger partial charge in [0.15, 0.2) is 0 Å². The van der Waals surface area contributed by atoms with Crippen LogP contribution in [0.4, 0.5) is 0 Å². The van der Waals surface area contributed by atoms with Gasteiger partial charge in [-0.15, -0.1) is 6.58 Å². The minimum absolute atomic E-state index is 0.0106. The number of benzene rings is 1. The van der Waals surface area contributed by atoms with E-state index in [1.807, 2.05) is 13.0 Å². The maximum absolute atomic E-state index is 14.3. The number of rotatable bonds is 11. The Kier molecular flexibility index (Phi) is 18.6. The number of esters is 1. The molecule has 2 aliphatic heterocycles. The van der Waals surface area contributed by atoms with E-state index in [1.54, 1.807) is 57.2 Å². The minimum Gasteiger partial charge on any atom is -0.508 e. The number of phenolic OH excluding ortho intramolecular Hbond substituents is 1. The molecule has 0 aliphatic carbocycles. The molecular weight excluding hydrogens is 718 g/mol. The van der Waals surface area contributed by atoms with Gasteiger partial charge in [-0.2, -0.15) is 0 Å². The molecule has 0 radical (unpaired) electrons. The summed E-state index contributed by atoms with van der Waals surface area (Å²) in [5, 5.41) is 42.7. The van der Waals surface area contributed by atoms with Crippen molar-refractivity contribution in [3.8, 4) is 5.75 Å². The van der Waals surface area contributed by atoms with Gasteiger partial charge < -0.3 is 40.8 Å². The van der Waals surface area contributed by atoms with Crippen LogP contribution >= 0.6 is 0 Å². The molecule has 14 heteroatoms. The number of aliphatic hydroxyl groups is 2. The van der Waals surface area contributed by atoms with Crippen molar-refractivity contribution >= 4 is 29.5 Å². The van der Waals surface area contributed by atoms with Crippen LogP contribution in [0.2, 0.25) is 0 Å². The van der Waals surface area contributed by atoms with Crippen molar-refractivity contribution in [2.75, 3.05) is 19.6 Å². The zero-order chi connectivity index (χ0) is 41.4. The predicted molar refractivity (Wildman–Crippen MR) is 213 cm³/mol. The van der Waals surface area contributed by atoms with Crippen LogP contribution < -0.4 is 21.4 Å². The average Bonchev–Trinajstić information content (AvgIpc) is 3.16. The van der Waals surface area contributed by atoms with Crippen molar-refractivity contribution in [2.24, 2.45) is 17.8 Å². The average molecular weight is 780 g/mol. The Labute approximate surface area is 330 Å². The fourth-order valence-electron chi connectivity index (χ4n) is 6.60. The fraction of sp³-hybridized carbons (Fsp3) is 0.548. The highest BCUT2D eigenvalue weighted by molar-refractivity contribution is 5.93. The summed E-state index contributed by atoms with van der Waals surface area (Å²) < 4.78 is 6.03. The molecule has 2 aliphatic rings. The van der Waals surface area contributed by atoms with Crippen molar-refractivity contribution in [1.29, 1.82) is 0 Å². The molecule has 8 atom stereocenters. The number of cyclic esters (lactones) is 1. The van der Waals surface area contributed by atoms with Crippen molar-refractivity contribution in [2.45, 2.75) is 110 Å². The van der Waals surface area contributed by atoms with E-state index < -0.39 is 77.9 Å². The monoisotopic (exact) mass is 779 g/mol. The molecule has 1 fully saturated rings. The van der Waals surface area contributed by atoms with E-state index in [0.717, 1.165) is 5.57 Å². The summed E-state index contributed by atoms with van der Waals surface area (Å²) in [5.74, 6) is -5.13. The molecular formula is C42H61N5O9. The number of phenols is 1. The first-order valence-corrected chi connectivity index (χ1v) is 19.5. The maximum Gasteiger partial charge on any atom is 0.325 e. The third kappa shape index (κ3) is 14.1. The van der Waals surface area contributed by atoms with Gasteiger partial charge in [0.2, 0.25) is 11.8 Å². The lowest BCUT2D eigenvalue weighted by molar-refractivity contribution is -0.156. The zero-order valence-corrected chi connectivity index (χ0v) is 33.3. The third-order valence-electron chi connectivity index (χ3n) is 10.1. The molecule has 14 nitrogen and oxygen atoms in total. The van der Waals surface area contributed by atoms with Crippen LogP contribution in [0.15, 0.2) is 72.9 Å². The summed E-state index contributed by atoms with van der Waals surface area (Å²) >= 11 is 0. The molecule has 3 rings (SSSR count). The Bertz CT molecular complexity index is 1610. The number of hydrogen-bond acceptors (Lipinski definition) is 11. The number of nitrogens with zero attached hydrogens (tertiary/aromatic N) is 1. The number of hydrazine groups is 1. The number of Topliss-reactive ketones (excluding diaryl/α,β-unsaturated/α-hetero) is 1. The van der Waals surface area contributed by atoms with Crippen LogP contribution in [0.1, 0.15) is 72.3 Å². The first kappa shape index (κ1) is 45.8. The summed E-state index contributed by atoms with van der Waals surface area (Å²) in [6.45, 7) is 13.3. The van der Waals surface area contributed by atoms with E-state index in [0.29, 0.717) is 37.9 Å². The Hall–Kier alpha value is -4.63. The molecule has 308 valence electrons. The normalized spacial score (nSPS) is 27.8. The van der Waals surface area contributed by atoms with Crippen molar-refractivity contribution in [1.82, 2.24) is 26.4 Å². The second kappa shape index (κ2) is 22.8. The smallest absolute Gasteiger partial charge is 0.325 e. The first-order chi connectivity index (χ1) is 26.6. The number of carbonyl (C=O) groups is 5. The number of aliphatic hydroxyl groups excluding tert-OH is 2. The summed E-state index contributed by atoms with van der Waals surface area (Å²) in [7, 11) is 0. The van der Waals surface area contributed by atoms with Crippen LogP contribution in [0.5, 0.6) is 5.75 Å². The van der Waals surface area contributed by atoms with Crippen LogP contribution in [-0.2, 0) is 35.1 Å². The Morgan fingerprint density at radius 1 is 1.09 bits per heavy atom. The Morgan fingerprint density at radius 3 is 2.52 bits per heavy atom. The van der Waals surface area contributed by atoms with Crippen LogP contribution in [0, 0.1) is 17.8 Å². The maximum atomic E-state index is 14.3. The second-order valence-corrected chi connectivity index (χ2v) is 15.0. The van der Waals surface area contributed by atoms with Gasteiger partial charge in [-0.05, 0) is 62.3 Å². The van der Waals surface area contributed by atoms with Crippen molar-refractivity contribution in [3.05, 3.63) is 78.4 Å². The van der Waals surface area contributed by atoms with Gasteiger partial charge in [-0.3, -0.25) is 24.2 Å². The zero-order valence-electron chi connectivity index (χ0n) is 33.3. The number of nitrogens with one attached hydrogen (secondary N) is 4. The van der Waals surface area contributed by atoms with E-state index in [-0.39, 0.29) is 37.3 Å². The fourth-order valence-corrected chi connectivity index (χ4v) is 6.60. The van der Waals surface area contributed by atoms with Crippen molar-refractivity contribution < 1.29 is 44.0 Å². The quantitative estimate of drug-likeness (QED) is 0.0988. The number of allylic oxidation sites excluding steroid dienone is 2. The molecule has 1 unspecified atom stereocenters. The standard InChI is InChI=1S/C42H61N5O9/c1-7-21-43-22-20-27(4)36-17-10-8-9-16-35(50)29(6)38(51)32(19-18-28(5)48)39(52)45-37(26(2)3)40(53)44-34(25-30-13-11-14-31(49)24-30)41(54)47-23-12-15-33(46-47)42(55)56-36/h7-11,13-14,16,20,24,26,29,32-38,43,46,49-51H,1,12,15,17-19,21-23,25H2,2-6H3,(H,44,53)(H,45,52)/t29-,32+,33?,34-,35-,36-,37-,38+/m0/s1. The minimum atomic E-state index is -1.39. The topological polar surface area (TPSA) is 207 Å². The van der Waals surface area contributed by atoms with E-state index in [1.165, 1.54) is 30.1 Å². The van der Waals surface area contributed by atoms with E-state index in [2.05, 4.69) is 28.0 Å². The number of aromatic hydroxyl groups is 1. The number of amides is 3. The molecule has 1 aromatic carbocycles. The molecule has 0 saturated carbocycles. The first-order valence-electron chi connectivity index (χ1n) is 19.5. The molecule has 1 saturated heterocycles. The van der Waals surface area contributed by atoms with Gasteiger partial charge in [0.1, 0.15) is 35.8 Å². The van der Waals surface area contributed by atoms with Gasteiger partial charge in [-0.25, -0.2) is 5.43 Å². The highest BCUT2D eigenvalue weighted by Gasteiger charge is 2.38. The largest absolute Gasteiger partial charge is 0.508 e. The van der Waals surface area contributed by atoms with Gasteiger partial charge in [0, 0.05) is 44.8 Å². The van der Waals surface area contributed by atoms with E-state index in [4.69, 9.17) is 4.74 Å². The number of carbonyl (C=O) groups excluding carboxylic acids is 5. The molecule has 0 aromatic heterocycles. The van der Waals surface area contributed by atoms with Gasteiger partial charge in [0.05, 0.1) is 18.1 Å². The molecule has 0 spiro atoms. The van der Waals surface area contributed by atoms with Crippen LogP contribution in [0.3, 0.4) is 0 Å². The van der Waals surface area contributed by atoms with E-state index >= 15 is 0 Å².